The lowest BCUT2D eigenvalue weighted by Gasteiger charge is -1.96. The second-order valence-electron chi connectivity index (χ2n) is 2.36. The highest BCUT2D eigenvalue weighted by molar-refractivity contribution is 9.09. The quantitative estimate of drug-likeness (QED) is 0.679. The number of hydrogen-bond acceptors (Lipinski definition) is 2. The van der Waals surface area contributed by atoms with Crippen LogP contribution in [-0.2, 0) is 0 Å². The van der Waals surface area contributed by atoms with Crippen LogP contribution in [0.2, 0.25) is 0 Å². The Hall–Kier alpha value is -0.330. The van der Waals surface area contributed by atoms with Gasteiger partial charge in [0.1, 0.15) is 4.83 Å². The van der Waals surface area contributed by atoms with Crippen molar-refractivity contribution in [1.29, 1.82) is 5.26 Å². The zero-order valence-corrected chi connectivity index (χ0v) is 8.79. The molecule has 1 rings (SSSR count). The number of alkyl halides is 1. The Labute approximate surface area is 78.8 Å². The van der Waals surface area contributed by atoms with Crippen LogP contribution in [0.4, 0.5) is 0 Å². The van der Waals surface area contributed by atoms with E-state index in [4.69, 9.17) is 5.26 Å². The summed E-state index contributed by atoms with van der Waals surface area (Å²) in [4.78, 5) is 2.34. The van der Waals surface area contributed by atoms with Crippen molar-refractivity contribution in [2.45, 2.75) is 18.7 Å². The van der Waals surface area contributed by atoms with Gasteiger partial charge >= 0.3 is 0 Å². The van der Waals surface area contributed by atoms with E-state index < -0.39 is 0 Å². The Morgan fingerprint density at radius 3 is 2.64 bits per heavy atom. The van der Waals surface area contributed by atoms with Gasteiger partial charge in [-0.05, 0) is 25.5 Å². The Morgan fingerprint density at radius 2 is 2.27 bits per heavy atom. The molecule has 58 valence electrons. The highest BCUT2D eigenvalue weighted by atomic mass is 79.9. The Kier molecular flexibility index (Phi) is 2.69. The van der Waals surface area contributed by atoms with Crippen molar-refractivity contribution in [2.24, 2.45) is 0 Å². The van der Waals surface area contributed by atoms with Crippen LogP contribution in [-0.4, -0.2) is 0 Å². The molecule has 0 amide bonds. The fraction of sp³-hybridized carbons (Fsp3) is 0.375. The zero-order valence-electron chi connectivity index (χ0n) is 6.39. The first-order chi connectivity index (χ1) is 5.15. The number of nitriles is 1. The molecule has 0 spiro atoms. The molecule has 1 heterocycles. The summed E-state index contributed by atoms with van der Waals surface area (Å²) in [6, 6.07) is 4.22. The first kappa shape index (κ1) is 8.76. The van der Waals surface area contributed by atoms with E-state index in [0.29, 0.717) is 0 Å². The van der Waals surface area contributed by atoms with Gasteiger partial charge in [0.2, 0.25) is 0 Å². The molecule has 1 nitrogen and oxygen atoms in total. The van der Waals surface area contributed by atoms with Gasteiger partial charge in [0.15, 0.2) is 0 Å². The van der Waals surface area contributed by atoms with Crippen molar-refractivity contribution in [3.8, 4) is 6.07 Å². The van der Waals surface area contributed by atoms with Crippen LogP contribution in [0.15, 0.2) is 6.07 Å². The lowest BCUT2D eigenvalue weighted by Crippen LogP contribution is -1.83. The predicted molar refractivity (Wildman–Crippen MR) is 51.1 cm³/mol. The summed E-state index contributed by atoms with van der Waals surface area (Å²) in [5.41, 5.74) is 1.11. The standard InChI is InChI=1S/C8H8BrNS/c1-5-3-7(6(2)11-5)8(9)4-10/h3,8H,1-2H3. The van der Waals surface area contributed by atoms with Crippen LogP contribution >= 0.6 is 27.3 Å². The smallest absolute Gasteiger partial charge is 0.127 e. The third kappa shape index (κ3) is 1.82. The highest BCUT2D eigenvalue weighted by Gasteiger charge is 2.10. The molecule has 0 fully saturated rings. The first-order valence-corrected chi connectivity index (χ1v) is 4.99. The second kappa shape index (κ2) is 3.38. The molecule has 0 radical (unpaired) electrons. The molecule has 1 aromatic rings. The van der Waals surface area contributed by atoms with Crippen molar-refractivity contribution in [2.75, 3.05) is 0 Å². The average Bonchev–Trinajstić information content (AvgIpc) is 2.28. The fourth-order valence-corrected chi connectivity index (χ4v) is 2.56. The molecule has 1 aromatic heterocycles. The summed E-state index contributed by atoms with van der Waals surface area (Å²) in [5.74, 6) is 0. The van der Waals surface area contributed by atoms with Crippen LogP contribution < -0.4 is 0 Å². The second-order valence-corrected chi connectivity index (χ2v) is 4.74. The number of rotatable bonds is 1. The Bertz CT molecular complexity index is 298. The van der Waals surface area contributed by atoms with E-state index in [1.807, 2.05) is 6.92 Å². The maximum absolute atomic E-state index is 8.63. The molecule has 0 saturated heterocycles. The fourth-order valence-electron chi connectivity index (χ4n) is 0.972. The van der Waals surface area contributed by atoms with Gasteiger partial charge in [-0.2, -0.15) is 5.26 Å². The van der Waals surface area contributed by atoms with Gasteiger partial charge in [-0.15, -0.1) is 11.3 Å². The third-order valence-electron chi connectivity index (χ3n) is 1.47. The molecule has 0 aliphatic rings. The molecule has 3 heteroatoms. The van der Waals surface area contributed by atoms with Gasteiger partial charge in [-0.3, -0.25) is 0 Å². The normalized spacial score (nSPS) is 12.5. The van der Waals surface area contributed by atoms with Crippen molar-refractivity contribution in [3.05, 3.63) is 21.4 Å². The minimum absolute atomic E-state index is 0.146. The van der Waals surface area contributed by atoms with E-state index in [2.05, 4.69) is 35.0 Å². The van der Waals surface area contributed by atoms with E-state index in [-0.39, 0.29) is 4.83 Å². The Balaban J connectivity index is 3.05. The topological polar surface area (TPSA) is 23.8 Å². The van der Waals surface area contributed by atoms with E-state index in [1.54, 1.807) is 11.3 Å². The third-order valence-corrected chi connectivity index (χ3v) is 3.15. The van der Waals surface area contributed by atoms with Gasteiger partial charge < -0.3 is 0 Å². The molecule has 0 aliphatic carbocycles. The summed E-state index contributed by atoms with van der Waals surface area (Å²) in [7, 11) is 0. The maximum atomic E-state index is 8.63. The molecule has 0 aromatic carbocycles. The summed E-state index contributed by atoms with van der Waals surface area (Å²) in [6.45, 7) is 4.09. The van der Waals surface area contributed by atoms with Crippen molar-refractivity contribution >= 4 is 27.3 Å². The van der Waals surface area contributed by atoms with Crippen molar-refractivity contribution in [3.63, 3.8) is 0 Å². The van der Waals surface area contributed by atoms with Gasteiger partial charge in [-0.25, -0.2) is 0 Å². The predicted octanol–water partition coefficient (Wildman–Crippen LogP) is 3.32. The van der Waals surface area contributed by atoms with Crippen LogP contribution in [0.5, 0.6) is 0 Å². The van der Waals surface area contributed by atoms with Crippen LogP contribution in [0.25, 0.3) is 0 Å². The van der Waals surface area contributed by atoms with Gasteiger partial charge in [0.25, 0.3) is 0 Å². The van der Waals surface area contributed by atoms with Crippen molar-refractivity contribution in [1.82, 2.24) is 0 Å². The lowest BCUT2D eigenvalue weighted by molar-refractivity contribution is 1.24. The number of hydrogen-bond donors (Lipinski definition) is 0. The molecule has 11 heavy (non-hydrogen) atoms. The van der Waals surface area contributed by atoms with Gasteiger partial charge in [0.05, 0.1) is 6.07 Å². The number of thiophene rings is 1. The first-order valence-electron chi connectivity index (χ1n) is 3.25. The minimum Gasteiger partial charge on any atom is -0.197 e. The molecule has 0 aliphatic heterocycles. The number of aryl methyl sites for hydroxylation is 2. The molecule has 1 atom stereocenters. The molecular formula is C8H8BrNS. The average molecular weight is 230 g/mol. The number of halogens is 1. The van der Waals surface area contributed by atoms with E-state index in [0.717, 1.165) is 5.56 Å². The molecule has 0 bridgehead atoms. The van der Waals surface area contributed by atoms with Gasteiger partial charge in [-0.1, -0.05) is 15.9 Å². The molecule has 0 saturated carbocycles. The summed E-state index contributed by atoms with van der Waals surface area (Å²) < 4.78 is 0. The van der Waals surface area contributed by atoms with Crippen LogP contribution in [0.1, 0.15) is 20.1 Å². The van der Waals surface area contributed by atoms with E-state index in [9.17, 15) is 0 Å². The maximum Gasteiger partial charge on any atom is 0.127 e. The van der Waals surface area contributed by atoms with Crippen molar-refractivity contribution < 1.29 is 0 Å². The zero-order chi connectivity index (χ0) is 8.43. The monoisotopic (exact) mass is 229 g/mol. The molecular weight excluding hydrogens is 222 g/mol. The van der Waals surface area contributed by atoms with Crippen LogP contribution in [0.3, 0.4) is 0 Å². The molecule has 0 N–H and O–H groups in total. The SMILES string of the molecule is Cc1cc(C(Br)C#N)c(C)s1. The van der Waals surface area contributed by atoms with E-state index in [1.165, 1.54) is 9.75 Å². The lowest BCUT2D eigenvalue weighted by atomic mass is 10.2. The highest BCUT2D eigenvalue weighted by Crippen LogP contribution is 2.30. The summed E-state index contributed by atoms with van der Waals surface area (Å²) in [5, 5.41) is 8.63. The van der Waals surface area contributed by atoms with Crippen LogP contribution in [0, 0.1) is 25.2 Å². The number of nitrogens with zero attached hydrogens (tertiary/aromatic N) is 1. The summed E-state index contributed by atoms with van der Waals surface area (Å²) in [6.07, 6.45) is 0. The summed E-state index contributed by atoms with van der Waals surface area (Å²) >= 11 is 5.03. The molecule has 1 unspecified atom stereocenters. The van der Waals surface area contributed by atoms with Gasteiger partial charge in [0, 0.05) is 9.75 Å². The largest absolute Gasteiger partial charge is 0.197 e. The minimum atomic E-state index is -0.146. The van der Waals surface area contributed by atoms with E-state index >= 15 is 0 Å². The Morgan fingerprint density at radius 1 is 1.64 bits per heavy atom.